The maximum absolute atomic E-state index is 11.4. The number of unbranched alkanes of at least 4 members (excludes halogenated alkanes) is 1. The highest BCUT2D eigenvalue weighted by molar-refractivity contribution is 6.32. The van der Waals surface area contributed by atoms with Crippen LogP contribution in [-0.4, -0.2) is 30.8 Å². The van der Waals surface area contributed by atoms with E-state index in [0.717, 1.165) is 12.0 Å². The molecule has 0 fully saturated rings. The second-order valence-corrected chi connectivity index (χ2v) is 4.41. The van der Waals surface area contributed by atoms with E-state index in [-0.39, 0.29) is 19.1 Å². The summed E-state index contributed by atoms with van der Waals surface area (Å²) in [5.41, 5.74) is 1.03. The summed E-state index contributed by atoms with van der Waals surface area (Å²) < 4.78 is 5.34. The van der Waals surface area contributed by atoms with Gasteiger partial charge in [-0.05, 0) is 37.5 Å². The maximum atomic E-state index is 11.4. The van der Waals surface area contributed by atoms with Crippen molar-refractivity contribution in [2.24, 2.45) is 0 Å². The summed E-state index contributed by atoms with van der Waals surface area (Å²) in [6, 6.07) is 5.41. The van der Waals surface area contributed by atoms with Crippen molar-refractivity contribution in [2.45, 2.75) is 19.8 Å². The highest BCUT2D eigenvalue weighted by Gasteiger charge is 2.05. The molecule has 0 unspecified atom stereocenters. The number of carbonyl (C=O) groups excluding carboxylic acids is 1. The number of ether oxygens (including phenoxy) is 1. The van der Waals surface area contributed by atoms with Gasteiger partial charge in [0.15, 0.2) is 6.61 Å². The second-order valence-electron chi connectivity index (χ2n) is 4.00. The molecule has 0 saturated heterocycles. The third kappa shape index (κ3) is 5.38. The van der Waals surface area contributed by atoms with Crippen molar-refractivity contribution in [3.63, 3.8) is 0 Å². The summed E-state index contributed by atoms with van der Waals surface area (Å²) in [5, 5.41) is 11.8. The average molecular weight is 272 g/mol. The van der Waals surface area contributed by atoms with E-state index >= 15 is 0 Å². The number of aliphatic hydroxyl groups excluding tert-OH is 1. The Kier molecular flexibility index (Phi) is 6.54. The molecule has 0 spiro atoms. The molecule has 0 saturated carbocycles. The number of hydrogen-bond acceptors (Lipinski definition) is 3. The smallest absolute Gasteiger partial charge is 0.257 e. The van der Waals surface area contributed by atoms with Gasteiger partial charge in [-0.25, -0.2) is 0 Å². The number of rotatable bonds is 7. The summed E-state index contributed by atoms with van der Waals surface area (Å²) in [6.45, 7) is 2.57. The van der Waals surface area contributed by atoms with Crippen LogP contribution in [0.4, 0.5) is 0 Å². The fraction of sp³-hybridized carbons (Fsp3) is 0.462. The van der Waals surface area contributed by atoms with Crippen LogP contribution in [0.2, 0.25) is 5.02 Å². The van der Waals surface area contributed by atoms with Crippen LogP contribution in [0, 0.1) is 6.92 Å². The summed E-state index contributed by atoms with van der Waals surface area (Å²) in [5.74, 6) is 0.327. The molecule has 0 radical (unpaired) electrons. The molecule has 4 nitrogen and oxygen atoms in total. The minimum atomic E-state index is -0.189. The number of aliphatic hydroxyl groups is 1. The van der Waals surface area contributed by atoms with Crippen molar-refractivity contribution < 1.29 is 14.6 Å². The Labute approximate surface area is 112 Å². The average Bonchev–Trinajstić information content (AvgIpc) is 2.36. The van der Waals surface area contributed by atoms with Crippen LogP contribution in [0.25, 0.3) is 0 Å². The van der Waals surface area contributed by atoms with E-state index in [1.165, 1.54) is 0 Å². The fourth-order valence-corrected chi connectivity index (χ4v) is 1.55. The molecule has 0 bridgehead atoms. The third-order valence-corrected chi connectivity index (χ3v) is 2.66. The molecule has 0 atom stereocenters. The molecule has 1 amide bonds. The first kappa shape index (κ1) is 14.8. The van der Waals surface area contributed by atoms with Gasteiger partial charge in [0.1, 0.15) is 5.75 Å². The van der Waals surface area contributed by atoms with Crippen molar-refractivity contribution in [3.05, 3.63) is 28.8 Å². The fourth-order valence-electron chi connectivity index (χ4n) is 1.38. The zero-order chi connectivity index (χ0) is 13.4. The Hall–Kier alpha value is -1.26. The van der Waals surface area contributed by atoms with Crippen molar-refractivity contribution in [1.82, 2.24) is 5.32 Å². The van der Waals surface area contributed by atoms with Gasteiger partial charge in [0.05, 0.1) is 5.02 Å². The quantitative estimate of drug-likeness (QED) is 0.745. The van der Waals surface area contributed by atoms with E-state index in [9.17, 15) is 4.79 Å². The SMILES string of the molecule is Cc1ccc(Cl)c(OCC(=O)NCCCCO)c1. The van der Waals surface area contributed by atoms with Gasteiger partial charge in [0, 0.05) is 13.2 Å². The van der Waals surface area contributed by atoms with Gasteiger partial charge in [-0.3, -0.25) is 4.79 Å². The van der Waals surface area contributed by atoms with E-state index in [1.54, 1.807) is 12.1 Å². The second kappa shape index (κ2) is 7.95. The van der Waals surface area contributed by atoms with Crippen LogP contribution in [0.5, 0.6) is 5.75 Å². The molecule has 0 aliphatic carbocycles. The molecule has 0 aromatic heterocycles. The van der Waals surface area contributed by atoms with Crippen LogP contribution in [0.1, 0.15) is 18.4 Å². The van der Waals surface area contributed by atoms with E-state index in [1.807, 2.05) is 13.0 Å². The van der Waals surface area contributed by atoms with Crippen molar-refractivity contribution >= 4 is 17.5 Å². The lowest BCUT2D eigenvalue weighted by Crippen LogP contribution is -2.29. The Balaban J connectivity index is 2.31. The molecule has 0 aliphatic heterocycles. The van der Waals surface area contributed by atoms with Crippen molar-refractivity contribution in [3.8, 4) is 5.75 Å². The summed E-state index contributed by atoms with van der Waals surface area (Å²) in [6.07, 6.45) is 1.44. The Morgan fingerprint density at radius 1 is 1.44 bits per heavy atom. The first-order valence-corrected chi connectivity index (χ1v) is 6.28. The standard InChI is InChI=1S/C13H18ClNO3/c1-10-4-5-11(14)12(8-10)18-9-13(17)15-6-2-3-7-16/h4-5,8,16H,2-3,6-7,9H2,1H3,(H,15,17). The van der Waals surface area contributed by atoms with Crippen molar-refractivity contribution in [1.29, 1.82) is 0 Å². The maximum Gasteiger partial charge on any atom is 0.257 e. The highest BCUT2D eigenvalue weighted by atomic mass is 35.5. The number of halogens is 1. The van der Waals surface area contributed by atoms with Crippen molar-refractivity contribution in [2.75, 3.05) is 19.8 Å². The first-order chi connectivity index (χ1) is 8.63. The van der Waals surface area contributed by atoms with Gasteiger partial charge in [-0.1, -0.05) is 17.7 Å². The topological polar surface area (TPSA) is 58.6 Å². The molecule has 100 valence electrons. The molecule has 18 heavy (non-hydrogen) atoms. The lowest BCUT2D eigenvalue weighted by atomic mass is 10.2. The monoisotopic (exact) mass is 271 g/mol. The van der Waals surface area contributed by atoms with Gasteiger partial charge >= 0.3 is 0 Å². The Morgan fingerprint density at radius 3 is 2.94 bits per heavy atom. The molecule has 0 heterocycles. The number of benzene rings is 1. The lowest BCUT2D eigenvalue weighted by Gasteiger charge is -2.09. The van der Waals surface area contributed by atoms with Crippen LogP contribution < -0.4 is 10.1 Å². The minimum Gasteiger partial charge on any atom is -0.482 e. The first-order valence-electron chi connectivity index (χ1n) is 5.90. The van der Waals surface area contributed by atoms with Gasteiger partial charge in [0.25, 0.3) is 5.91 Å². The van der Waals surface area contributed by atoms with Crippen LogP contribution >= 0.6 is 11.6 Å². The van der Waals surface area contributed by atoms with E-state index in [2.05, 4.69) is 5.32 Å². The Morgan fingerprint density at radius 2 is 2.22 bits per heavy atom. The predicted molar refractivity (Wildman–Crippen MR) is 71.0 cm³/mol. The van der Waals surface area contributed by atoms with Crippen LogP contribution in [-0.2, 0) is 4.79 Å². The number of nitrogens with one attached hydrogen (secondary N) is 1. The minimum absolute atomic E-state index is 0.0533. The van der Waals surface area contributed by atoms with Gasteiger partial charge in [0.2, 0.25) is 0 Å². The highest BCUT2D eigenvalue weighted by Crippen LogP contribution is 2.24. The molecule has 2 N–H and O–H groups in total. The molecule has 1 rings (SSSR count). The summed E-state index contributed by atoms with van der Waals surface area (Å²) in [4.78, 5) is 11.4. The molecule has 0 aliphatic rings. The summed E-state index contributed by atoms with van der Waals surface area (Å²) in [7, 11) is 0. The Bertz CT molecular complexity index is 396. The van der Waals surface area contributed by atoms with E-state index in [0.29, 0.717) is 23.7 Å². The molecule has 1 aromatic rings. The molecule has 1 aromatic carbocycles. The summed E-state index contributed by atoms with van der Waals surface area (Å²) >= 11 is 5.94. The zero-order valence-electron chi connectivity index (χ0n) is 10.4. The van der Waals surface area contributed by atoms with E-state index in [4.69, 9.17) is 21.4 Å². The van der Waals surface area contributed by atoms with Crippen LogP contribution in [0.3, 0.4) is 0 Å². The molecular formula is C13H18ClNO3. The number of carbonyl (C=O) groups is 1. The lowest BCUT2D eigenvalue weighted by molar-refractivity contribution is -0.123. The third-order valence-electron chi connectivity index (χ3n) is 2.35. The van der Waals surface area contributed by atoms with Gasteiger partial charge < -0.3 is 15.2 Å². The predicted octanol–water partition coefficient (Wildman–Crippen LogP) is 1.92. The molecular weight excluding hydrogens is 254 g/mol. The number of hydrogen-bond donors (Lipinski definition) is 2. The largest absolute Gasteiger partial charge is 0.482 e. The normalized spacial score (nSPS) is 10.2. The zero-order valence-corrected chi connectivity index (χ0v) is 11.2. The number of aryl methyl sites for hydroxylation is 1. The van der Waals surface area contributed by atoms with E-state index < -0.39 is 0 Å². The number of amides is 1. The van der Waals surface area contributed by atoms with Gasteiger partial charge in [-0.2, -0.15) is 0 Å². The van der Waals surface area contributed by atoms with Crippen LogP contribution in [0.15, 0.2) is 18.2 Å². The van der Waals surface area contributed by atoms with Gasteiger partial charge in [-0.15, -0.1) is 0 Å². The molecule has 5 heteroatoms.